The molecule has 0 saturated carbocycles. The Balaban J connectivity index is 1.85. The van der Waals surface area contributed by atoms with Crippen LogP contribution in [0.4, 0.5) is 5.69 Å². The van der Waals surface area contributed by atoms with Crippen LogP contribution in [0.1, 0.15) is 27.9 Å². The van der Waals surface area contributed by atoms with E-state index in [0.29, 0.717) is 21.1 Å². The minimum atomic E-state index is -0.307. The van der Waals surface area contributed by atoms with Crippen LogP contribution < -0.4 is 10.1 Å². The number of amides is 1. The van der Waals surface area contributed by atoms with Crippen molar-refractivity contribution in [3.63, 3.8) is 0 Å². The molecule has 1 amide bonds. The molecule has 1 aliphatic rings. The molecule has 8 heteroatoms. The summed E-state index contributed by atoms with van der Waals surface area (Å²) in [6.45, 7) is 3.44. The number of hydrogen-bond donors (Lipinski definition) is 1. The van der Waals surface area contributed by atoms with Gasteiger partial charge in [0.05, 0.1) is 11.4 Å². The van der Waals surface area contributed by atoms with Crippen molar-refractivity contribution >= 4 is 34.4 Å². The molecule has 2 aromatic carbocycles. The Hall–Kier alpha value is -3.39. The summed E-state index contributed by atoms with van der Waals surface area (Å²) in [4.78, 5) is 24.4. The molecule has 0 atom stereocenters. The molecule has 0 unspecified atom stereocenters. The van der Waals surface area contributed by atoms with E-state index in [2.05, 4.69) is 20.6 Å². The molecule has 3 aromatic rings. The van der Waals surface area contributed by atoms with Crippen molar-refractivity contribution in [1.29, 1.82) is 0 Å². The zero-order chi connectivity index (χ0) is 19.0. The van der Waals surface area contributed by atoms with Crippen molar-refractivity contribution in [1.82, 2.24) is 9.78 Å². The van der Waals surface area contributed by atoms with Crippen LogP contribution in [0.25, 0.3) is 5.69 Å². The van der Waals surface area contributed by atoms with E-state index >= 15 is 0 Å². The lowest BCUT2D eigenvalue weighted by Crippen LogP contribution is -2.16. The summed E-state index contributed by atoms with van der Waals surface area (Å²) in [5.74, 6) is -0.461. The van der Waals surface area contributed by atoms with E-state index in [-0.39, 0.29) is 17.4 Å². The predicted molar refractivity (Wildman–Crippen MR) is 103 cm³/mol. The molecule has 0 bridgehead atoms. The van der Waals surface area contributed by atoms with Crippen molar-refractivity contribution in [2.75, 3.05) is 5.32 Å². The zero-order valence-corrected chi connectivity index (χ0v) is 15.4. The number of aromatic nitrogens is 2. The fourth-order valence-electron chi connectivity index (χ4n) is 2.64. The number of hydrogen-bond acceptors (Lipinski definition) is 6. The van der Waals surface area contributed by atoms with Gasteiger partial charge in [0.2, 0.25) is 4.80 Å². The monoisotopic (exact) mass is 377 g/mol. The van der Waals surface area contributed by atoms with Crippen molar-refractivity contribution in [3.8, 4) is 5.69 Å². The average Bonchev–Trinajstić information content (AvgIpc) is 3.21. The number of rotatable bonds is 3. The molecule has 134 valence electrons. The van der Waals surface area contributed by atoms with Gasteiger partial charge in [-0.3, -0.25) is 9.59 Å². The third kappa shape index (κ3) is 3.22. The lowest BCUT2D eigenvalue weighted by molar-refractivity contribution is -0.110. The number of fused-ring (bicyclic) bond motifs is 1. The smallest absolute Gasteiger partial charge is 0.276 e. The molecule has 0 aliphatic carbocycles. The van der Waals surface area contributed by atoms with Crippen LogP contribution in [0.2, 0.25) is 0 Å². The van der Waals surface area contributed by atoms with Crippen molar-refractivity contribution in [2.45, 2.75) is 13.8 Å². The summed E-state index contributed by atoms with van der Waals surface area (Å²) >= 11 is 1.13. The lowest BCUT2D eigenvalue weighted by atomic mass is 10.1. The van der Waals surface area contributed by atoms with Gasteiger partial charge in [-0.05, 0) is 25.1 Å². The standard InChI is InChI=1S/C19H15N5O2S/c1-11-7-9-13(10-8-11)24-19(27-18(23-24)12(2)25)22-21-16-14-5-3-4-6-15(14)20-17(16)26/h3-10H,1-2H3,(H,20,21,26)/b22-19+. The first-order valence-corrected chi connectivity index (χ1v) is 9.05. The molecule has 1 N–H and O–H groups in total. The molecule has 1 aromatic heterocycles. The molecular formula is C19H15N5O2S. The Bertz CT molecular complexity index is 1160. The third-order valence-corrected chi connectivity index (χ3v) is 5.02. The fraction of sp³-hybridized carbons (Fsp3) is 0.105. The highest BCUT2D eigenvalue weighted by Crippen LogP contribution is 2.22. The van der Waals surface area contributed by atoms with Crippen LogP contribution in [0.3, 0.4) is 0 Å². The highest BCUT2D eigenvalue weighted by molar-refractivity contribution is 7.11. The normalized spacial score (nSPS) is 15.1. The first-order valence-electron chi connectivity index (χ1n) is 8.23. The molecular weight excluding hydrogens is 362 g/mol. The van der Waals surface area contributed by atoms with Crippen molar-refractivity contribution in [2.24, 2.45) is 10.2 Å². The number of benzene rings is 2. The number of Topliss-reactive ketones (excluding diaryl/α,β-unsaturated/α-hetero) is 1. The molecule has 4 rings (SSSR count). The minimum absolute atomic E-state index is 0.154. The van der Waals surface area contributed by atoms with Gasteiger partial charge in [-0.1, -0.05) is 47.2 Å². The molecule has 2 heterocycles. The predicted octanol–water partition coefficient (Wildman–Crippen LogP) is 2.70. The summed E-state index contributed by atoms with van der Waals surface area (Å²) in [7, 11) is 0. The Morgan fingerprint density at radius 1 is 1.11 bits per heavy atom. The number of ketones is 1. The van der Waals surface area contributed by atoms with E-state index in [1.165, 1.54) is 6.92 Å². The second kappa shape index (κ2) is 6.73. The maximum atomic E-state index is 12.2. The Morgan fingerprint density at radius 3 is 2.59 bits per heavy atom. The van der Waals surface area contributed by atoms with E-state index in [0.717, 1.165) is 22.6 Å². The van der Waals surface area contributed by atoms with Gasteiger partial charge in [0.15, 0.2) is 16.5 Å². The molecule has 0 radical (unpaired) electrons. The van der Waals surface area contributed by atoms with E-state index in [1.807, 2.05) is 55.5 Å². The number of aryl methyl sites for hydroxylation is 1. The Kier molecular flexibility index (Phi) is 4.25. The molecule has 27 heavy (non-hydrogen) atoms. The van der Waals surface area contributed by atoms with Crippen molar-refractivity contribution < 1.29 is 9.59 Å². The van der Waals surface area contributed by atoms with E-state index < -0.39 is 0 Å². The summed E-state index contributed by atoms with van der Waals surface area (Å²) in [5, 5.41) is 15.8. The number of carbonyl (C=O) groups is 2. The van der Waals surface area contributed by atoms with Gasteiger partial charge < -0.3 is 5.32 Å². The highest BCUT2D eigenvalue weighted by atomic mass is 32.1. The number of anilines is 1. The van der Waals surface area contributed by atoms with Gasteiger partial charge >= 0.3 is 0 Å². The lowest BCUT2D eigenvalue weighted by Gasteiger charge is -2.00. The third-order valence-electron chi connectivity index (χ3n) is 4.02. The molecule has 0 spiro atoms. The second-order valence-corrected chi connectivity index (χ2v) is 7.00. The second-order valence-electron chi connectivity index (χ2n) is 6.04. The molecule has 0 fully saturated rings. The van der Waals surface area contributed by atoms with E-state index in [1.54, 1.807) is 4.68 Å². The van der Waals surface area contributed by atoms with Crippen molar-refractivity contribution in [3.05, 3.63) is 69.5 Å². The van der Waals surface area contributed by atoms with Gasteiger partial charge in [0, 0.05) is 12.5 Å². The van der Waals surface area contributed by atoms with Crippen LogP contribution in [0.5, 0.6) is 0 Å². The number of nitrogens with zero attached hydrogens (tertiary/aromatic N) is 4. The minimum Gasteiger partial charge on any atom is -0.320 e. The molecule has 1 aliphatic heterocycles. The van der Waals surface area contributed by atoms with Crippen LogP contribution >= 0.6 is 11.3 Å². The summed E-state index contributed by atoms with van der Waals surface area (Å²) < 4.78 is 1.56. The van der Waals surface area contributed by atoms with Gasteiger partial charge in [-0.25, -0.2) is 4.68 Å². The van der Waals surface area contributed by atoms with E-state index in [4.69, 9.17) is 0 Å². The number of nitrogens with one attached hydrogen (secondary N) is 1. The number of carbonyl (C=O) groups excluding carboxylic acids is 2. The maximum absolute atomic E-state index is 12.2. The quantitative estimate of drug-likeness (QED) is 0.562. The summed E-state index contributed by atoms with van der Waals surface area (Å²) in [6.07, 6.45) is 0. The van der Waals surface area contributed by atoms with Gasteiger partial charge in [0.25, 0.3) is 5.91 Å². The zero-order valence-electron chi connectivity index (χ0n) is 14.6. The van der Waals surface area contributed by atoms with Crippen LogP contribution in [0, 0.1) is 6.92 Å². The van der Waals surface area contributed by atoms with Crippen LogP contribution in [0.15, 0.2) is 58.7 Å². The summed E-state index contributed by atoms with van der Waals surface area (Å²) in [5.41, 5.74) is 3.51. The van der Waals surface area contributed by atoms with Gasteiger partial charge in [-0.2, -0.15) is 5.10 Å². The van der Waals surface area contributed by atoms with Crippen LogP contribution in [-0.2, 0) is 4.79 Å². The highest BCUT2D eigenvalue weighted by Gasteiger charge is 2.25. The molecule has 0 saturated heterocycles. The Labute approximate surface area is 158 Å². The summed E-state index contributed by atoms with van der Waals surface area (Å²) in [6, 6.07) is 15.0. The number of para-hydroxylation sites is 1. The van der Waals surface area contributed by atoms with Crippen LogP contribution in [-0.4, -0.2) is 27.2 Å². The van der Waals surface area contributed by atoms with E-state index in [9.17, 15) is 9.59 Å². The van der Waals surface area contributed by atoms with Gasteiger partial charge in [-0.15, -0.1) is 10.2 Å². The Morgan fingerprint density at radius 2 is 1.85 bits per heavy atom. The SMILES string of the molecule is CC(=O)c1nn(-c2ccc(C)cc2)/c(=N\N=C2/C(=O)Nc3ccccc32)s1. The first kappa shape index (κ1) is 17.0. The maximum Gasteiger partial charge on any atom is 0.276 e. The topological polar surface area (TPSA) is 88.7 Å². The fourth-order valence-corrected chi connectivity index (χ4v) is 3.39. The average molecular weight is 377 g/mol. The largest absolute Gasteiger partial charge is 0.320 e. The first-order chi connectivity index (χ1) is 13.0. The molecule has 7 nitrogen and oxygen atoms in total. The van der Waals surface area contributed by atoms with Gasteiger partial charge in [0.1, 0.15) is 0 Å².